The van der Waals surface area contributed by atoms with Gasteiger partial charge in [-0.15, -0.1) is 0 Å². The van der Waals surface area contributed by atoms with Gasteiger partial charge in [0.25, 0.3) is 0 Å². The van der Waals surface area contributed by atoms with Gasteiger partial charge in [0, 0.05) is 60.0 Å². The number of fused-ring (bicyclic) bond motifs is 2. The van der Waals surface area contributed by atoms with E-state index in [1.165, 1.54) is 27.4 Å². The molecule has 6 rings (SSSR count). The van der Waals surface area contributed by atoms with Crippen LogP contribution < -0.4 is 4.74 Å². The van der Waals surface area contributed by atoms with Crippen molar-refractivity contribution >= 4 is 20.9 Å². The molecule has 0 spiro atoms. The van der Waals surface area contributed by atoms with E-state index in [4.69, 9.17) is 9.84 Å². The molecule has 0 aliphatic carbocycles. The van der Waals surface area contributed by atoms with Gasteiger partial charge >= 0.3 is 6.18 Å². The number of hydrogen-bond acceptors (Lipinski definition) is 6. The summed E-state index contributed by atoms with van der Waals surface area (Å²) in [5.74, 6) is 1.22. The number of β-amino-alcohol motifs (C(OH)–C–C–N with tert-alkyl or cyclic N) is 1. The molecule has 0 amide bonds. The molecule has 2 aliphatic heterocycles. The molecule has 0 saturated carbocycles. The second-order valence-corrected chi connectivity index (χ2v) is 13.7. The zero-order chi connectivity index (χ0) is 31.2. The Morgan fingerprint density at radius 3 is 2.48 bits per heavy atom. The van der Waals surface area contributed by atoms with Gasteiger partial charge in [-0.2, -0.15) is 22.6 Å². The molecule has 1 atom stereocenters. The molecule has 13 heteroatoms. The number of nitrogens with zero attached hydrogens (tertiary/aromatic N) is 4. The third-order valence-corrected chi connectivity index (χ3v) is 10.1. The largest absolute Gasteiger partial charge is 0.497 e. The fraction of sp³-hybridized carbons (Fsp3) is 0.452. The summed E-state index contributed by atoms with van der Waals surface area (Å²) in [5, 5.41) is 17.0. The SMILES string of the molecule is COc1ccc2[nH]cc(C3CCN(CC(O)Cn4nc(-c5ccc(C(F)(F)F)cc5)c5c4CCN(S(C)(=O)=O)C5)CC3)c2c1. The number of nitrogens with one attached hydrogen (secondary N) is 1. The molecule has 2 N–H and O–H groups in total. The van der Waals surface area contributed by atoms with Gasteiger partial charge in [-0.3, -0.25) is 4.68 Å². The summed E-state index contributed by atoms with van der Waals surface area (Å²) in [6.07, 6.45) is 0.319. The van der Waals surface area contributed by atoms with E-state index in [-0.39, 0.29) is 19.6 Å². The monoisotopic (exact) mass is 631 g/mol. The number of aliphatic hydroxyl groups is 1. The summed E-state index contributed by atoms with van der Waals surface area (Å²) in [6, 6.07) is 10.8. The van der Waals surface area contributed by atoms with Crippen molar-refractivity contribution in [3.8, 4) is 17.0 Å². The Labute approximate surface area is 254 Å². The van der Waals surface area contributed by atoms with Gasteiger partial charge < -0.3 is 19.7 Å². The molecular weight excluding hydrogens is 595 g/mol. The number of likely N-dealkylation sites (tertiary alicyclic amines) is 1. The summed E-state index contributed by atoms with van der Waals surface area (Å²) in [7, 11) is -1.82. The highest BCUT2D eigenvalue weighted by molar-refractivity contribution is 7.88. The second-order valence-electron chi connectivity index (χ2n) is 11.8. The van der Waals surface area contributed by atoms with Crippen molar-refractivity contribution in [2.75, 3.05) is 39.5 Å². The number of rotatable bonds is 8. The fourth-order valence-corrected chi connectivity index (χ4v) is 7.30. The molecule has 1 saturated heterocycles. The number of H-pyrrole nitrogens is 1. The van der Waals surface area contributed by atoms with Crippen LogP contribution >= 0.6 is 0 Å². The first-order valence-corrected chi connectivity index (χ1v) is 16.5. The van der Waals surface area contributed by atoms with Crippen LogP contribution in [-0.4, -0.2) is 83.1 Å². The predicted octanol–water partition coefficient (Wildman–Crippen LogP) is 4.62. The third-order valence-electron chi connectivity index (χ3n) is 8.85. The first-order chi connectivity index (χ1) is 20.9. The minimum Gasteiger partial charge on any atom is -0.497 e. The molecule has 2 aromatic heterocycles. The van der Waals surface area contributed by atoms with E-state index < -0.39 is 27.9 Å². The molecular formula is C31H36F3N5O4S. The highest BCUT2D eigenvalue weighted by Crippen LogP contribution is 2.36. The molecule has 1 fully saturated rings. The van der Waals surface area contributed by atoms with Crippen LogP contribution in [0.2, 0.25) is 0 Å². The summed E-state index contributed by atoms with van der Waals surface area (Å²) in [4.78, 5) is 5.61. The lowest BCUT2D eigenvalue weighted by molar-refractivity contribution is -0.137. The van der Waals surface area contributed by atoms with Gasteiger partial charge in [-0.1, -0.05) is 12.1 Å². The Kier molecular flexibility index (Phi) is 8.24. The number of halogens is 3. The highest BCUT2D eigenvalue weighted by atomic mass is 32.2. The molecule has 4 heterocycles. The number of aromatic nitrogens is 3. The molecule has 1 unspecified atom stereocenters. The molecule has 4 aromatic rings. The van der Waals surface area contributed by atoms with Crippen LogP contribution in [-0.2, 0) is 35.7 Å². The number of piperidine rings is 1. The topological polar surface area (TPSA) is 104 Å². The van der Waals surface area contributed by atoms with E-state index in [9.17, 15) is 26.7 Å². The molecule has 0 bridgehead atoms. The minimum atomic E-state index is -4.47. The smallest absolute Gasteiger partial charge is 0.416 e. The van der Waals surface area contributed by atoms with E-state index >= 15 is 0 Å². The number of hydrogen-bond donors (Lipinski definition) is 2. The number of ether oxygens (including phenoxy) is 1. The number of sulfonamides is 1. The van der Waals surface area contributed by atoms with Gasteiger partial charge in [0.15, 0.2) is 0 Å². The molecule has 0 radical (unpaired) electrons. The summed E-state index contributed by atoms with van der Waals surface area (Å²) < 4.78 is 72.6. The van der Waals surface area contributed by atoms with Crippen LogP contribution in [0.4, 0.5) is 13.2 Å². The summed E-state index contributed by atoms with van der Waals surface area (Å²) in [5.41, 5.74) is 3.95. The molecule has 9 nitrogen and oxygen atoms in total. The van der Waals surface area contributed by atoms with Crippen LogP contribution in [0.3, 0.4) is 0 Å². The van der Waals surface area contributed by atoms with Crippen LogP contribution in [0, 0.1) is 0 Å². The first kappa shape index (κ1) is 30.6. The van der Waals surface area contributed by atoms with Gasteiger partial charge in [0.2, 0.25) is 10.0 Å². The molecule has 2 aromatic carbocycles. The summed E-state index contributed by atoms with van der Waals surface area (Å²) in [6.45, 7) is 2.66. The van der Waals surface area contributed by atoms with Crippen molar-refractivity contribution in [2.24, 2.45) is 0 Å². The zero-order valence-electron chi connectivity index (χ0n) is 24.6. The number of benzene rings is 2. The van der Waals surface area contributed by atoms with Crippen molar-refractivity contribution in [1.82, 2.24) is 24.0 Å². The zero-order valence-corrected chi connectivity index (χ0v) is 25.5. The van der Waals surface area contributed by atoms with Crippen molar-refractivity contribution in [3.05, 3.63) is 71.0 Å². The van der Waals surface area contributed by atoms with Gasteiger partial charge in [0.05, 0.1) is 37.3 Å². The van der Waals surface area contributed by atoms with Gasteiger partial charge in [-0.05, 0) is 67.7 Å². The molecule has 2 aliphatic rings. The van der Waals surface area contributed by atoms with E-state index in [0.29, 0.717) is 35.7 Å². The van der Waals surface area contributed by atoms with Crippen LogP contribution in [0.1, 0.15) is 41.1 Å². The maximum atomic E-state index is 13.2. The Morgan fingerprint density at radius 1 is 1.09 bits per heavy atom. The van der Waals surface area contributed by atoms with Crippen LogP contribution in [0.15, 0.2) is 48.7 Å². The van der Waals surface area contributed by atoms with Crippen molar-refractivity contribution in [3.63, 3.8) is 0 Å². The van der Waals surface area contributed by atoms with Crippen molar-refractivity contribution in [2.45, 2.75) is 50.6 Å². The Bertz CT molecular complexity index is 1740. The lowest BCUT2D eigenvalue weighted by atomic mass is 9.89. The quantitative estimate of drug-likeness (QED) is 0.294. The van der Waals surface area contributed by atoms with Crippen LogP contribution in [0.25, 0.3) is 22.2 Å². The Hall–Kier alpha value is -3.39. The number of alkyl halides is 3. The lowest BCUT2D eigenvalue weighted by Crippen LogP contribution is -2.40. The minimum absolute atomic E-state index is 0.0772. The Balaban J connectivity index is 1.16. The lowest BCUT2D eigenvalue weighted by Gasteiger charge is -2.33. The van der Waals surface area contributed by atoms with Crippen molar-refractivity contribution < 1.29 is 31.4 Å². The number of aliphatic hydroxyl groups excluding tert-OH is 1. The van der Waals surface area contributed by atoms with Gasteiger partial charge in [0.1, 0.15) is 5.75 Å². The highest BCUT2D eigenvalue weighted by Gasteiger charge is 2.33. The van der Waals surface area contributed by atoms with E-state index in [1.54, 1.807) is 11.8 Å². The third kappa shape index (κ3) is 6.23. The predicted molar refractivity (Wildman–Crippen MR) is 161 cm³/mol. The maximum absolute atomic E-state index is 13.2. The fourth-order valence-electron chi connectivity index (χ4n) is 6.52. The Morgan fingerprint density at radius 2 is 1.82 bits per heavy atom. The standard InChI is InChI=1S/C31H36F3N5O4S/c1-43-24-7-8-28-25(15-24)26(16-35-28)20-9-12-37(13-10-20)17-23(40)18-39-29-11-14-38(44(2,41)42)19-27(29)30(36-39)21-3-5-22(6-4-21)31(32,33)34/h3-8,15-16,20,23,35,40H,9-14,17-19H2,1-2H3. The number of methoxy groups -OCH3 is 1. The van der Waals surface area contributed by atoms with Crippen LogP contribution in [0.5, 0.6) is 5.75 Å². The molecule has 44 heavy (non-hydrogen) atoms. The number of aromatic amines is 1. The van der Waals surface area contributed by atoms with E-state index in [2.05, 4.69) is 22.1 Å². The van der Waals surface area contributed by atoms with Crippen molar-refractivity contribution in [1.29, 1.82) is 0 Å². The average molecular weight is 632 g/mol. The van der Waals surface area contributed by atoms with E-state index in [1.807, 2.05) is 12.1 Å². The maximum Gasteiger partial charge on any atom is 0.416 e. The second kappa shape index (κ2) is 11.8. The first-order valence-electron chi connectivity index (χ1n) is 14.7. The molecule has 236 valence electrons. The summed E-state index contributed by atoms with van der Waals surface area (Å²) >= 11 is 0. The van der Waals surface area contributed by atoms with Gasteiger partial charge in [-0.25, -0.2) is 8.42 Å². The average Bonchev–Trinajstić information content (AvgIpc) is 3.57. The normalized spacial score (nSPS) is 18.0. The van der Waals surface area contributed by atoms with E-state index in [0.717, 1.165) is 61.3 Å².